The molecule has 0 bridgehead atoms. The van der Waals surface area contributed by atoms with E-state index in [1.807, 2.05) is 0 Å². The van der Waals surface area contributed by atoms with E-state index in [1.165, 1.54) is 49.2 Å². The molecule has 0 saturated carbocycles. The smallest absolute Gasteiger partial charge is 0.122 e. The van der Waals surface area contributed by atoms with Gasteiger partial charge in [-0.05, 0) is 62.4 Å². The van der Waals surface area contributed by atoms with Gasteiger partial charge in [0.1, 0.15) is 5.75 Å². The summed E-state index contributed by atoms with van der Waals surface area (Å²) in [5.41, 5.74) is 4.12. The highest BCUT2D eigenvalue weighted by atomic mass is 16.5. The second-order valence-corrected chi connectivity index (χ2v) is 6.09. The van der Waals surface area contributed by atoms with Crippen LogP contribution in [0.25, 0.3) is 0 Å². The minimum atomic E-state index is 0.808. The van der Waals surface area contributed by atoms with Crippen LogP contribution in [0.3, 0.4) is 0 Å². The van der Waals surface area contributed by atoms with Gasteiger partial charge >= 0.3 is 0 Å². The summed E-state index contributed by atoms with van der Waals surface area (Å²) in [5, 5.41) is 3.41. The Morgan fingerprint density at radius 2 is 1.90 bits per heavy atom. The number of rotatable bonds is 7. The first kappa shape index (κ1) is 16.3. The Balaban J connectivity index is 1.86. The van der Waals surface area contributed by atoms with Gasteiger partial charge in [0.15, 0.2) is 0 Å². The molecule has 21 heavy (non-hydrogen) atoms. The van der Waals surface area contributed by atoms with Crippen molar-refractivity contribution in [1.29, 1.82) is 0 Å². The van der Waals surface area contributed by atoms with Crippen LogP contribution in [0.15, 0.2) is 12.1 Å². The molecule has 1 aromatic rings. The third-order valence-corrected chi connectivity index (χ3v) is 4.23. The van der Waals surface area contributed by atoms with Gasteiger partial charge in [0, 0.05) is 26.2 Å². The number of hydrogen-bond acceptors (Lipinski definition) is 3. The monoisotopic (exact) mass is 290 g/mol. The Hall–Kier alpha value is -1.06. The van der Waals surface area contributed by atoms with E-state index in [4.69, 9.17) is 4.74 Å². The second-order valence-electron chi connectivity index (χ2n) is 6.09. The van der Waals surface area contributed by atoms with Crippen molar-refractivity contribution in [2.45, 2.75) is 40.0 Å². The average molecular weight is 290 g/mol. The summed E-state index contributed by atoms with van der Waals surface area (Å²) in [6.45, 7) is 13.2. The van der Waals surface area contributed by atoms with E-state index < -0.39 is 0 Å². The van der Waals surface area contributed by atoms with Crippen LogP contribution < -0.4 is 10.1 Å². The Morgan fingerprint density at radius 3 is 2.62 bits per heavy atom. The van der Waals surface area contributed by atoms with Crippen LogP contribution in [-0.2, 0) is 6.42 Å². The van der Waals surface area contributed by atoms with E-state index in [9.17, 15) is 0 Å². The fourth-order valence-electron chi connectivity index (χ4n) is 2.91. The third-order valence-electron chi connectivity index (χ3n) is 4.23. The molecule has 3 heteroatoms. The first-order valence-corrected chi connectivity index (χ1v) is 8.36. The predicted molar refractivity (Wildman–Crippen MR) is 89.3 cm³/mol. The van der Waals surface area contributed by atoms with E-state index in [2.05, 4.69) is 43.1 Å². The van der Waals surface area contributed by atoms with Crippen LogP contribution in [0.5, 0.6) is 5.75 Å². The molecule has 2 rings (SSSR count). The number of nitrogens with zero attached hydrogens (tertiary/aromatic N) is 1. The normalized spacial score (nSPS) is 16.1. The van der Waals surface area contributed by atoms with Crippen molar-refractivity contribution in [3.8, 4) is 5.75 Å². The summed E-state index contributed by atoms with van der Waals surface area (Å²) in [7, 11) is 0. The lowest BCUT2D eigenvalue weighted by Crippen LogP contribution is -2.43. The number of benzene rings is 1. The molecule has 1 saturated heterocycles. The number of nitrogens with one attached hydrogen (secondary N) is 1. The number of aryl methyl sites for hydroxylation is 3. The van der Waals surface area contributed by atoms with Crippen molar-refractivity contribution in [1.82, 2.24) is 10.2 Å². The van der Waals surface area contributed by atoms with Crippen molar-refractivity contribution in [3.63, 3.8) is 0 Å². The zero-order chi connectivity index (χ0) is 15.1. The summed E-state index contributed by atoms with van der Waals surface area (Å²) in [6.07, 6.45) is 3.48. The standard InChI is InChI=1S/C18H30N2O/c1-4-12-21-18-14-15(2)17(13-16(18)3)6-5-9-20-10-7-19-8-11-20/h13-14,19H,4-12H2,1-3H3. The van der Waals surface area contributed by atoms with Crippen LogP contribution in [0.1, 0.15) is 36.5 Å². The molecular weight excluding hydrogens is 260 g/mol. The minimum absolute atomic E-state index is 0.808. The van der Waals surface area contributed by atoms with Gasteiger partial charge in [-0.3, -0.25) is 0 Å². The highest BCUT2D eigenvalue weighted by Gasteiger charge is 2.10. The molecule has 1 aliphatic heterocycles. The summed E-state index contributed by atoms with van der Waals surface area (Å²) in [6, 6.07) is 4.53. The van der Waals surface area contributed by atoms with Gasteiger partial charge in [0.2, 0.25) is 0 Å². The summed E-state index contributed by atoms with van der Waals surface area (Å²) >= 11 is 0. The van der Waals surface area contributed by atoms with Gasteiger partial charge in [0.05, 0.1) is 6.61 Å². The fourth-order valence-corrected chi connectivity index (χ4v) is 2.91. The molecule has 1 aromatic carbocycles. The molecule has 0 spiro atoms. The van der Waals surface area contributed by atoms with E-state index in [0.29, 0.717) is 0 Å². The van der Waals surface area contributed by atoms with Gasteiger partial charge in [-0.2, -0.15) is 0 Å². The van der Waals surface area contributed by atoms with Crippen molar-refractivity contribution < 1.29 is 4.74 Å². The molecule has 1 aliphatic rings. The molecule has 118 valence electrons. The van der Waals surface area contributed by atoms with Crippen LogP contribution in [0, 0.1) is 13.8 Å². The van der Waals surface area contributed by atoms with Crippen molar-refractivity contribution in [3.05, 3.63) is 28.8 Å². The molecule has 0 atom stereocenters. The minimum Gasteiger partial charge on any atom is -0.493 e. The predicted octanol–water partition coefficient (Wildman–Crippen LogP) is 2.93. The molecule has 1 heterocycles. The highest BCUT2D eigenvalue weighted by molar-refractivity contribution is 5.41. The maximum Gasteiger partial charge on any atom is 0.122 e. The molecule has 3 nitrogen and oxygen atoms in total. The summed E-state index contributed by atoms with van der Waals surface area (Å²) in [4.78, 5) is 2.57. The Bertz CT molecular complexity index is 439. The van der Waals surface area contributed by atoms with Gasteiger partial charge in [-0.25, -0.2) is 0 Å². The number of ether oxygens (including phenoxy) is 1. The lowest BCUT2D eigenvalue weighted by Gasteiger charge is -2.27. The first-order valence-electron chi connectivity index (χ1n) is 8.36. The third kappa shape index (κ3) is 5.01. The largest absolute Gasteiger partial charge is 0.493 e. The fraction of sp³-hybridized carbons (Fsp3) is 0.667. The van der Waals surface area contributed by atoms with E-state index in [0.717, 1.165) is 31.9 Å². The maximum absolute atomic E-state index is 5.81. The molecule has 0 aromatic heterocycles. The quantitative estimate of drug-likeness (QED) is 0.835. The summed E-state index contributed by atoms with van der Waals surface area (Å²) < 4.78 is 5.81. The molecule has 0 radical (unpaired) electrons. The van der Waals surface area contributed by atoms with E-state index in [-0.39, 0.29) is 0 Å². The molecule has 0 aliphatic carbocycles. The Kier molecular flexibility index (Phi) is 6.52. The number of piperazine rings is 1. The molecule has 1 fully saturated rings. The first-order chi connectivity index (χ1) is 10.2. The van der Waals surface area contributed by atoms with E-state index >= 15 is 0 Å². The van der Waals surface area contributed by atoms with Crippen LogP contribution in [-0.4, -0.2) is 44.2 Å². The summed E-state index contributed by atoms with van der Waals surface area (Å²) in [5.74, 6) is 1.06. The van der Waals surface area contributed by atoms with Crippen LogP contribution in [0.4, 0.5) is 0 Å². The number of hydrogen-bond donors (Lipinski definition) is 1. The molecule has 1 N–H and O–H groups in total. The van der Waals surface area contributed by atoms with Crippen LogP contribution in [0.2, 0.25) is 0 Å². The molecule has 0 unspecified atom stereocenters. The maximum atomic E-state index is 5.81. The lowest BCUT2D eigenvalue weighted by molar-refractivity contribution is 0.238. The topological polar surface area (TPSA) is 24.5 Å². The van der Waals surface area contributed by atoms with Gasteiger partial charge in [0.25, 0.3) is 0 Å². The zero-order valence-electron chi connectivity index (χ0n) is 13.9. The molecular formula is C18H30N2O. The Morgan fingerprint density at radius 1 is 1.14 bits per heavy atom. The van der Waals surface area contributed by atoms with Crippen molar-refractivity contribution in [2.24, 2.45) is 0 Å². The zero-order valence-corrected chi connectivity index (χ0v) is 13.9. The van der Waals surface area contributed by atoms with Gasteiger partial charge < -0.3 is 15.0 Å². The SMILES string of the molecule is CCCOc1cc(C)c(CCCN2CCNCC2)cc1C. The van der Waals surface area contributed by atoms with Crippen molar-refractivity contribution >= 4 is 0 Å². The van der Waals surface area contributed by atoms with Crippen LogP contribution >= 0.6 is 0 Å². The van der Waals surface area contributed by atoms with Gasteiger partial charge in [-0.15, -0.1) is 0 Å². The second kappa shape index (κ2) is 8.40. The highest BCUT2D eigenvalue weighted by Crippen LogP contribution is 2.24. The molecule has 0 amide bonds. The van der Waals surface area contributed by atoms with Crippen molar-refractivity contribution in [2.75, 3.05) is 39.3 Å². The average Bonchev–Trinajstić information content (AvgIpc) is 2.50. The van der Waals surface area contributed by atoms with Gasteiger partial charge in [-0.1, -0.05) is 13.0 Å². The Labute approximate surface area is 129 Å². The van der Waals surface area contributed by atoms with E-state index in [1.54, 1.807) is 0 Å². The lowest BCUT2D eigenvalue weighted by atomic mass is 10.0.